The molecule has 7 nitrogen and oxygen atoms in total. The van der Waals surface area contributed by atoms with Crippen LogP contribution in [0.2, 0.25) is 0 Å². The van der Waals surface area contributed by atoms with Crippen LogP contribution in [0.15, 0.2) is 60.7 Å². The zero-order valence-corrected chi connectivity index (χ0v) is 12.6. The molecule has 0 unspecified atom stereocenters. The molecule has 1 amide bonds. The van der Waals surface area contributed by atoms with Crippen molar-refractivity contribution in [2.75, 3.05) is 16.4 Å². The molecule has 0 aliphatic rings. The van der Waals surface area contributed by atoms with Crippen molar-refractivity contribution in [3.63, 3.8) is 0 Å². The number of benzene rings is 2. The van der Waals surface area contributed by atoms with E-state index in [0.29, 0.717) is 11.4 Å². The molecule has 0 radical (unpaired) electrons. The predicted molar refractivity (Wildman–Crippen MR) is 92.2 cm³/mol. The Hall–Kier alpha value is -3.61. The Morgan fingerprint density at radius 1 is 1.00 bits per heavy atom. The first kappa shape index (κ1) is 15.3. The average molecular weight is 321 g/mol. The van der Waals surface area contributed by atoms with Gasteiger partial charge in [0.2, 0.25) is 5.95 Å². The van der Waals surface area contributed by atoms with E-state index in [4.69, 9.17) is 5.73 Å². The van der Waals surface area contributed by atoms with Crippen molar-refractivity contribution >= 4 is 29.0 Å². The molecule has 0 saturated carbocycles. The normalized spacial score (nSPS) is 10.2. The van der Waals surface area contributed by atoms with Crippen LogP contribution in [0.3, 0.4) is 0 Å². The highest BCUT2D eigenvalue weighted by Gasteiger charge is 2.12. The molecule has 120 valence electrons. The number of anilines is 4. The van der Waals surface area contributed by atoms with E-state index in [1.165, 1.54) is 12.1 Å². The van der Waals surface area contributed by atoms with Crippen LogP contribution in [-0.2, 0) is 0 Å². The van der Waals surface area contributed by atoms with Gasteiger partial charge in [0.1, 0.15) is 17.3 Å². The molecule has 0 aliphatic heterocycles. The molecular weight excluding hydrogens is 306 g/mol. The van der Waals surface area contributed by atoms with Gasteiger partial charge >= 0.3 is 0 Å². The number of nitrogen functional groups attached to an aromatic ring is 1. The highest BCUT2D eigenvalue weighted by atomic mass is 16.3. The van der Waals surface area contributed by atoms with Crippen LogP contribution < -0.4 is 16.4 Å². The summed E-state index contributed by atoms with van der Waals surface area (Å²) in [5.74, 6) is -0.106. The zero-order valence-electron chi connectivity index (χ0n) is 12.6. The topological polar surface area (TPSA) is 113 Å². The number of hydrogen-bond acceptors (Lipinski definition) is 6. The lowest BCUT2D eigenvalue weighted by molar-refractivity contribution is 0.102. The maximum absolute atomic E-state index is 12.3. The van der Waals surface area contributed by atoms with E-state index >= 15 is 0 Å². The third kappa shape index (κ3) is 3.58. The third-order valence-corrected chi connectivity index (χ3v) is 3.16. The van der Waals surface area contributed by atoms with Crippen LogP contribution in [-0.4, -0.2) is 21.0 Å². The Morgan fingerprint density at radius 3 is 2.46 bits per heavy atom. The molecule has 7 heteroatoms. The van der Waals surface area contributed by atoms with Crippen LogP contribution >= 0.6 is 0 Å². The number of nitrogens with two attached hydrogens (primary N) is 1. The monoisotopic (exact) mass is 321 g/mol. The number of hydrogen-bond donors (Lipinski definition) is 4. The maximum Gasteiger partial charge on any atom is 0.274 e. The lowest BCUT2D eigenvalue weighted by Crippen LogP contribution is -2.15. The van der Waals surface area contributed by atoms with Crippen molar-refractivity contribution in [2.24, 2.45) is 0 Å². The van der Waals surface area contributed by atoms with Gasteiger partial charge in [-0.1, -0.05) is 30.3 Å². The standard InChI is InChI=1S/C17H15N5O2/c18-15-10-13(16(24)19-11-6-2-1-3-7-11)21-17(22-15)20-12-8-4-5-9-14(12)23/h1-10,23H,(H,19,24)(H3,18,20,21,22). The molecule has 0 bridgehead atoms. The molecule has 2 aromatic carbocycles. The van der Waals surface area contributed by atoms with Gasteiger partial charge in [0.25, 0.3) is 5.91 Å². The van der Waals surface area contributed by atoms with Crippen LogP contribution in [0.25, 0.3) is 0 Å². The maximum atomic E-state index is 12.3. The van der Waals surface area contributed by atoms with E-state index < -0.39 is 5.91 Å². The van der Waals surface area contributed by atoms with E-state index in [2.05, 4.69) is 20.6 Å². The summed E-state index contributed by atoms with van der Waals surface area (Å²) in [6.45, 7) is 0. The van der Waals surface area contributed by atoms with E-state index in [1.807, 2.05) is 18.2 Å². The number of phenolic OH excluding ortho intramolecular Hbond substituents is 1. The molecule has 1 heterocycles. The van der Waals surface area contributed by atoms with Crippen LogP contribution in [0.5, 0.6) is 5.75 Å². The average Bonchev–Trinajstić information content (AvgIpc) is 2.57. The molecule has 0 aliphatic carbocycles. The molecule has 24 heavy (non-hydrogen) atoms. The molecule has 0 fully saturated rings. The van der Waals surface area contributed by atoms with Crippen molar-refractivity contribution in [2.45, 2.75) is 0 Å². The molecule has 5 N–H and O–H groups in total. The third-order valence-electron chi connectivity index (χ3n) is 3.16. The van der Waals surface area contributed by atoms with E-state index in [1.54, 1.807) is 30.3 Å². The van der Waals surface area contributed by atoms with Gasteiger partial charge in [0.15, 0.2) is 0 Å². The van der Waals surface area contributed by atoms with Gasteiger partial charge in [-0.15, -0.1) is 0 Å². The number of amides is 1. The number of aromatic hydroxyl groups is 1. The predicted octanol–water partition coefficient (Wildman–Crippen LogP) is 2.76. The quantitative estimate of drug-likeness (QED) is 0.550. The second-order valence-electron chi connectivity index (χ2n) is 4.96. The highest BCUT2D eigenvalue weighted by molar-refractivity contribution is 6.03. The first-order valence-electron chi connectivity index (χ1n) is 7.18. The van der Waals surface area contributed by atoms with Gasteiger partial charge in [0, 0.05) is 11.8 Å². The fraction of sp³-hybridized carbons (Fsp3) is 0. The lowest BCUT2D eigenvalue weighted by Gasteiger charge is -2.09. The van der Waals surface area contributed by atoms with Crippen molar-refractivity contribution in [3.8, 4) is 5.75 Å². The highest BCUT2D eigenvalue weighted by Crippen LogP contribution is 2.24. The number of carbonyl (C=O) groups excluding carboxylic acids is 1. The summed E-state index contributed by atoms with van der Waals surface area (Å²) in [5.41, 5.74) is 6.93. The number of carbonyl (C=O) groups is 1. The van der Waals surface area contributed by atoms with Crippen LogP contribution in [0.4, 0.5) is 23.1 Å². The minimum Gasteiger partial charge on any atom is -0.506 e. The number of rotatable bonds is 4. The Balaban J connectivity index is 1.83. The van der Waals surface area contributed by atoms with Crippen molar-refractivity contribution in [1.82, 2.24) is 9.97 Å². The molecule has 0 spiro atoms. The Morgan fingerprint density at radius 2 is 1.71 bits per heavy atom. The van der Waals surface area contributed by atoms with Crippen molar-refractivity contribution < 1.29 is 9.90 Å². The van der Waals surface area contributed by atoms with E-state index in [0.717, 1.165) is 0 Å². The number of nitrogens with one attached hydrogen (secondary N) is 2. The minimum absolute atomic E-state index is 0.0406. The fourth-order valence-electron chi connectivity index (χ4n) is 2.05. The minimum atomic E-state index is -0.407. The van der Waals surface area contributed by atoms with Crippen molar-refractivity contribution in [3.05, 3.63) is 66.4 Å². The van der Waals surface area contributed by atoms with Crippen LogP contribution in [0, 0.1) is 0 Å². The van der Waals surface area contributed by atoms with Gasteiger partial charge < -0.3 is 21.5 Å². The second kappa shape index (κ2) is 6.66. The molecule has 0 saturated heterocycles. The van der Waals surface area contributed by atoms with Crippen LogP contribution in [0.1, 0.15) is 10.5 Å². The largest absolute Gasteiger partial charge is 0.506 e. The molecular formula is C17H15N5O2. The lowest BCUT2D eigenvalue weighted by atomic mass is 10.3. The first-order chi connectivity index (χ1) is 11.6. The Kier molecular flexibility index (Phi) is 4.24. The van der Waals surface area contributed by atoms with Gasteiger partial charge in [0.05, 0.1) is 5.69 Å². The zero-order chi connectivity index (χ0) is 16.9. The fourth-order valence-corrected chi connectivity index (χ4v) is 2.05. The molecule has 3 aromatic rings. The second-order valence-corrected chi connectivity index (χ2v) is 4.96. The molecule has 3 rings (SSSR count). The SMILES string of the molecule is Nc1cc(C(=O)Nc2ccccc2)nc(Nc2ccccc2O)n1. The number of para-hydroxylation sites is 3. The van der Waals surface area contributed by atoms with Gasteiger partial charge in [-0.2, -0.15) is 4.98 Å². The first-order valence-corrected chi connectivity index (χ1v) is 7.18. The number of nitrogens with zero attached hydrogens (tertiary/aromatic N) is 2. The van der Waals surface area contributed by atoms with Gasteiger partial charge in [-0.05, 0) is 24.3 Å². The number of aromatic nitrogens is 2. The summed E-state index contributed by atoms with van der Waals surface area (Å²) in [6.07, 6.45) is 0. The Bertz CT molecular complexity index is 868. The van der Waals surface area contributed by atoms with E-state index in [9.17, 15) is 9.90 Å². The van der Waals surface area contributed by atoms with Gasteiger partial charge in [-0.3, -0.25) is 4.79 Å². The summed E-state index contributed by atoms with van der Waals surface area (Å²) < 4.78 is 0. The summed E-state index contributed by atoms with van der Waals surface area (Å²) in [7, 11) is 0. The summed E-state index contributed by atoms with van der Waals surface area (Å²) in [4.78, 5) is 20.5. The summed E-state index contributed by atoms with van der Waals surface area (Å²) >= 11 is 0. The van der Waals surface area contributed by atoms with Crippen molar-refractivity contribution in [1.29, 1.82) is 0 Å². The van der Waals surface area contributed by atoms with E-state index in [-0.39, 0.29) is 23.2 Å². The molecule has 1 aromatic heterocycles. The van der Waals surface area contributed by atoms with Gasteiger partial charge in [-0.25, -0.2) is 4.98 Å². The summed E-state index contributed by atoms with van der Waals surface area (Å²) in [5, 5.41) is 15.4. The number of phenols is 1. The Labute approximate surface area is 138 Å². The summed E-state index contributed by atoms with van der Waals surface area (Å²) in [6, 6.07) is 17.0. The molecule has 0 atom stereocenters. The smallest absolute Gasteiger partial charge is 0.274 e.